The lowest BCUT2D eigenvalue weighted by Crippen LogP contribution is -1.85. The highest BCUT2D eigenvalue weighted by Gasteiger charge is 1.91. The molecule has 0 spiro atoms. The Morgan fingerprint density at radius 3 is 2.12 bits per heavy atom. The van der Waals surface area contributed by atoms with E-state index in [9.17, 15) is 0 Å². The van der Waals surface area contributed by atoms with Crippen molar-refractivity contribution in [1.82, 2.24) is 0 Å². The molecule has 0 aromatic carbocycles. The molecule has 0 saturated heterocycles. The second kappa shape index (κ2) is 17.9. The topological polar surface area (TPSA) is 0 Å². The Labute approximate surface area is 152 Å². The molecule has 0 aliphatic heterocycles. The summed E-state index contributed by atoms with van der Waals surface area (Å²) in [5, 5.41) is 0. The first kappa shape index (κ1) is 22.5. The largest absolute Gasteiger partial charge is 0.0898 e. The van der Waals surface area contributed by atoms with Gasteiger partial charge in [0.2, 0.25) is 0 Å². The van der Waals surface area contributed by atoms with Crippen molar-refractivity contribution in [3.8, 4) is 0 Å². The zero-order valence-electron chi connectivity index (χ0n) is 15.9. The Hall–Kier alpha value is -1.50. The second-order valence-corrected chi connectivity index (χ2v) is 6.11. The number of unbranched alkanes of at least 4 members (excludes halogenated alkanes) is 1. The number of hydrogen-bond donors (Lipinski definition) is 0. The van der Waals surface area contributed by atoms with Crippen LogP contribution in [0.1, 0.15) is 59.3 Å². The van der Waals surface area contributed by atoms with Crippen molar-refractivity contribution in [3.63, 3.8) is 0 Å². The van der Waals surface area contributed by atoms with E-state index >= 15 is 0 Å². The minimum atomic E-state index is 0.109. The summed E-state index contributed by atoms with van der Waals surface area (Å²) < 4.78 is 0. The van der Waals surface area contributed by atoms with Crippen LogP contribution in [0.2, 0.25) is 5.82 Å². The molecule has 0 nitrogen and oxygen atoms in total. The zero-order valence-corrected chi connectivity index (χ0v) is 15.9. The maximum Gasteiger partial charge on any atom is 0.0759 e. The van der Waals surface area contributed by atoms with Crippen LogP contribution in [0.5, 0.6) is 0 Å². The molecule has 0 heterocycles. The molecule has 2 atom stereocenters. The van der Waals surface area contributed by atoms with Crippen LogP contribution in [0.25, 0.3) is 0 Å². The Morgan fingerprint density at radius 2 is 1.42 bits per heavy atom. The predicted octanol–water partition coefficient (Wildman–Crippen LogP) is 7.30. The first-order chi connectivity index (χ1) is 11.7. The van der Waals surface area contributed by atoms with Gasteiger partial charge in [-0.3, -0.25) is 0 Å². The zero-order chi connectivity index (χ0) is 17.9. The fraction of sp³-hybridized carbons (Fsp3) is 0.478. The molecule has 0 amide bonds. The summed E-state index contributed by atoms with van der Waals surface area (Å²) in [7, 11) is 6.01. The molecular formula is C23H35B. The van der Waals surface area contributed by atoms with E-state index in [1.807, 2.05) is 12.2 Å². The lowest BCUT2D eigenvalue weighted by molar-refractivity contribution is 0.743. The van der Waals surface area contributed by atoms with Gasteiger partial charge in [0.25, 0.3) is 0 Å². The third-order valence-corrected chi connectivity index (χ3v) is 3.51. The number of hydrogen-bond acceptors (Lipinski definition) is 0. The minimum Gasteiger partial charge on any atom is -0.0898 e. The maximum atomic E-state index is 6.01. The standard InChI is InChI=1S/C23H35B/c1-4-6-8-10-11-14-18-22(3)19-15-12-13-17-21-23(24)20-16-9-7-5-2/h6,8-9,11-17,19,21-23H,4-5,7,10,18,20H2,1-3H3/b8-6-,13-12-,14-11-,16-9-,19-15+,21-17+/t22-,23-/m0/s1. The van der Waals surface area contributed by atoms with Crippen LogP contribution in [0.4, 0.5) is 0 Å². The van der Waals surface area contributed by atoms with Gasteiger partial charge in [-0.25, -0.2) is 0 Å². The Bertz CT molecular complexity index is 435. The molecule has 0 aliphatic carbocycles. The molecule has 0 unspecified atom stereocenters. The monoisotopic (exact) mass is 322 g/mol. The molecule has 1 heteroatoms. The van der Waals surface area contributed by atoms with E-state index in [0.29, 0.717) is 5.92 Å². The van der Waals surface area contributed by atoms with Crippen molar-refractivity contribution in [2.24, 2.45) is 5.92 Å². The third kappa shape index (κ3) is 16.9. The first-order valence-corrected chi connectivity index (χ1v) is 9.42. The van der Waals surface area contributed by atoms with Gasteiger partial charge in [-0.05, 0) is 38.0 Å². The Kier molecular flexibility index (Phi) is 16.7. The van der Waals surface area contributed by atoms with Crippen LogP contribution in [0.15, 0.2) is 72.9 Å². The second-order valence-electron chi connectivity index (χ2n) is 6.11. The van der Waals surface area contributed by atoms with Gasteiger partial charge in [-0.15, -0.1) is 0 Å². The molecule has 2 radical (unpaired) electrons. The number of allylic oxidation sites excluding steroid dienone is 12. The van der Waals surface area contributed by atoms with Gasteiger partial charge in [0, 0.05) is 0 Å². The lowest BCUT2D eigenvalue weighted by Gasteiger charge is -2.00. The van der Waals surface area contributed by atoms with Crippen LogP contribution < -0.4 is 0 Å². The Morgan fingerprint density at radius 1 is 0.750 bits per heavy atom. The van der Waals surface area contributed by atoms with Crippen molar-refractivity contribution >= 4 is 7.85 Å². The van der Waals surface area contributed by atoms with E-state index in [-0.39, 0.29) is 5.82 Å². The lowest BCUT2D eigenvalue weighted by atomic mass is 9.84. The van der Waals surface area contributed by atoms with Gasteiger partial charge < -0.3 is 0 Å². The fourth-order valence-corrected chi connectivity index (χ4v) is 2.03. The number of rotatable bonds is 13. The van der Waals surface area contributed by atoms with Crippen molar-refractivity contribution in [1.29, 1.82) is 0 Å². The van der Waals surface area contributed by atoms with Gasteiger partial charge in [0.15, 0.2) is 0 Å². The molecule has 0 saturated carbocycles. The Balaban J connectivity index is 3.89. The fourth-order valence-electron chi connectivity index (χ4n) is 2.03. The highest BCUT2D eigenvalue weighted by Crippen LogP contribution is 2.09. The highest BCUT2D eigenvalue weighted by molar-refractivity contribution is 6.13. The third-order valence-electron chi connectivity index (χ3n) is 3.51. The van der Waals surface area contributed by atoms with Crippen molar-refractivity contribution in [2.45, 2.75) is 65.1 Å². The summed E-state index contributed by atoms with van der Waals surface area (Å²) >= 11 is 0. The average Bonchev–Trinajstić information content (AvgIpc) is 2.58. The summed E-state index contributed by atoms with van der Waals surface area (Å²) in [4.78, 5) is 0. The summed E-state index contributed by atoms with van der Waals surface area (Å²) in [6.07, 6.45) is 32.4. The van der Waals surface area contributed by atoms with E-state index in [0.717, 1.165) is 32.1 Å². The smallest absolute Gasteiger partial charge is 0.0759 e. The molecule has 0 aromatic heterocycles. The van der Waals surface area contributed by atoms with Crippen LogP contribution >= 0.6 is 0 Å². The van der Waals surface area contributed by atoms with Crippen LogP contribution in [0.3, 0.4) is 0 Å². The highest BCUT2D eigenvalue weighted by atomic mass is 14.0. The van der Waals surface area contributed by atoms with E-state index in [1.165, 1.54) is 6.42 Å². The van der Waals surface area contributed by atoms with Crippen molar-refractivity contribution < 1.29 is 0 Å². The van der Waals surface area contributed by atoms with Crippen molar-refractivity contribution in [2.75, 3.05) is 0 Å². The quantitative estimate of drug-likeness (QED) is 0.190. The van der Waals surface area contributed by atoms with Gasteiger partial charge in [0.05, 0.1) is 7.85 Å². The van der Waals surface area contributed by atoms with Gasteiger partial charge in [-0.2, -0.15) is 0 Å². The van der Waals surface area contributed by atoms with E-state index in [4.69, 9.17) is 7.85 Å². The molecule has 0 N–H and O–H groups in total. The molecule has 0 rings (SSSR count). The van der Waals surface area contributed by atoms with E-state index in [2.05, 4.69) is 81.5 Å². The van der Waals surface area contributed by atoms with Gasteiger partial charge in [0.1, 0.15) is 0 Å². The minimum absolute atomic E-state index is 0.109. The predicted molar refractivity (Wildman–Crippen MR) is 113 cm³/mol. The van der Waals surface area contributed by atoms with Gasteiger partial charge >= 0.3 is 0 Å². The molecule has 0 fully saturated rings. The van der Waals surface area contributed by atoms with Crippen LogP contribution in [0, 0.1) is 5.92 Å². The summed E-state index contributed by atoms with van der Waals surface area (Å²) in [6.45, 7) is 6.59. The molecule has 130 valence electrons. The van der Waals surface area contributed by atoms with Crippen LogP contribution in [-0.2, 0) is 0 Å². The molecule has 0 bridgehead atoms. The SMILES string of the molecule is [B][C@H](/C=C/C=C\C=C\[C@@H](C)C/C=C\C/C=C\CC)C/C=C\CCC. The molecule has 24 heavy (non-hydrogen) atoms. The molecule has 0 aliphatic rings. The molecular weight excluding hydrogens is 287 g/mol. The summed E-state index contributed by atoms with van der Waals surface area (Å²) in [5.74, 6) is 0.675. The van der Waals surface area contributed by atoms with Crippen LogP contribution in [-0.4, -0.2) is 7.85 Å². The summed E-state index contributed by atoms with van der Waals surface area (Å²) in [6, 6.07) is 0. The van der Waals surface area contributed by atoms with Gasteiger partial charge in [-0.1, -0.05) is 106 Å². The normalized spacial score (nSPS) is 16.0. The van der Waals surface area contributed by atoms with Crippen molar-refractivity contribution in [3.05, 3.63) is 72.9 Å². The summed E-state index contributed by atoms with van der Waals surface area (Å²) in [5.41, 5.74) is 0. The first-order valence-electron chi connectivity index (χ1n) is 9.42. The van der Waals surface area contributed by atoms with E-state index in [1.54, 1.807) is 0 Å². The van der Waals surface area contributed by atoms with E-state index < -0.39 is 0 Å². The average molecular weight is 322 g/mol. The maximum absolute atomic E-state index is 6.01. The molecule has 0 aromatic rings.